The number of piperidine rings is 1. The molecule has 1 aliphatic rings. The second-order valence-electron chi connectivity index (χ2n) is 6.80. The van der Waals surface area contributed by atoms with Gasteiger partial charge in [-0.25, -0.2) is 4.39 Å². The number of likely N-dealkylation sites (tertiary alicyclic amines) is 1. The van der Waals surface area contributed by atoms with Crippen molar-refractivity contribution in [2.24, 2.45) is 0 Å². The number of halogens is 1. The highest BCUT2D eigenvalue weighted by Gasteiger charge is 2.22. The van der Waals surface area contributed by atoms with Crippen molar-refractivity contribution in [3.05, 3.63) is 71.5 Å². The summed E-state index contributed by atoms with van der Waals surface area (Å²) in [6, 6.07) is 17.4. The Labute approximate surface area is 149 Å². The summed E-state index contributed by atoms with van der Waals surface area (Å²) in [6.07, 6.45) is 3.14. The number of nitrogens with zero attached hydrogens (tertiary/aromatic N) is 1. The molecule has 3 rings (SSSR count). The summed E-state index contributed by atoms with van der Waals surface area (Å²) in [4.78, 5) is 2.47. The van der Waals surface area contributed by atoms with Crippen LogP contribution in [0.2, 0.25) is 0 Å². The lowest BCUT2D eigenvalue weighted by Gasteiger charge is -2.34. The molecule has 0 spiro atoms. The fourth-order valence-electron chi connectivity index (χ4n) is 3.49. The van der Waals surface area contributed by atoms with Crippen LogP contribution in [0.3, 0.4) is 0 Å². The number of hydrogen-bond acceptors (Lipinski definition) is 3. The molecule has 0 aliphatic carbocycles. The van der Waals surface area contributed by atoms with Crippen molar-refractivity contribution in [3.63, 3.8) is 0 Å². The average molecular weight is 342 g/mol. The van der Waals surface area contributed by atoms with Crippen LogP contribution in [-0.2, 0) is 6.42 Å². The molecule has 1 heterocycles. The first-order valence-corrected chi connectivity index (χ1v) is 9.13. The third-order valence-electron chi connectivity index (χ3n) is 5.04. The molecule has 0 saturated carbocycles. The molecule has 1 aliphatic heterocycles. The van der Waals surface area contributed by atoms with Crippen LogP contribution in [0.15, 0.2) is 54.6 Å². The normalized spacial score (nSPS) is 17.5. The molecule has 1 saturated heterocycles. The summed E-state index contributed by atoms with van der Waals surface area (Å²) < 4.78 is 12.9. The molecule has 0 unspecified atom stereocenters. The SMILES string of the molecule is OC[C@@H](NC1CCN(CCc2ccc(F)cc2)CC1)c1ccccc1. The molecule has 134 valence electrons. The summed E-state index contributed by atoms with van der Waals surface area (Å²) in [6.45, 7) is 3.26. The van der Waals surface area contributed by atoms with Crippen molar-refractivity contribution < 1.29 is 9.50 Å². The highest BCUT2D eigenvalue weighted by Crippen LogP contribution is 2.18. The number of aliphatic hydroxyl groups is 1. The van der Waals surface area contributed by atoms with Crippen LogP contribution < -0.4 is 5.32 Å². The lowest BCUT2D eigenvalue weighted by molar-refractivity contribution is 0.173. The van der Waals surface area contributed by atoms with Crippen molar-refractivity contribution in [2.45, 2.75) is 31.3 Å². The van der Waals surface area contributed by atoms with Gasteiger partial charge in [-0.1, -0.05) is 42.5 Å². The quantitative estimate of drug-likeness (QED) is 0.811. The van der Waals surface area contributed by atoms with Gasteiger partial charge >= 0.3 is 0 Å². The highest BCUT2D eigenvalue weighted by molar-refractivity contribution is 5.19. The van der Waals surface area contributed by atoms with E-state index in [9.17, 15) is 9.50 Å². The van der Waals surface area contributed by atoms with Crippen molar-refractivity contribution in [3.8, 4) is 0 Å². The fourth-order valence-corrected chi connectivity index (χ4v) is 3.49. The first-order chi connectivity index (χ1) is 12.2. The van der Waals surface area contributed by atoms with Gasteiger partial charge in [0.1, 0.15) is 5.82 Å². The minimum atomic E-state index is -0.174. The van der Waals surface area contributed by atoms with Gasteiger partial charge in [-0.3, -0.25) is 0 Å². The molecule has 2 aromatic carbocycles. The van der Waals surface area contributed by atoms with Crippen LogP contribution in [0.4, 0.5) is 4.39 Å². The van der Waals surface area contributed by atoms with Crippen LogP contribution in [0.1, 0.15) is 30.0 Å². The van der Waals surface area contributed by atoms with Gasteiger partial charge in [0.2, 0.25) is 0 Å². The van der Waals surface area contributed by atoms with Gasteiger partial charge in [0.25, 0.3) is 0 Å². The smallest absolute Gasteiger partial charge is 0.123 e. The third-order valence-corrected chi connectivity index (χ3v) is 5.04. The molecule has 4 heteroatoms. The van der Waals surface area contributed by atoms with E-state index in [0.29, 0.717) is 6.04 Å². The number of hydrogen-bond donors (Lipinski definition) is 2. The van der Waals surface area contributed by atoms with E-state index < -0.39 is 0 Å². The van der Waals surface area contributed by atoms with E-state index in [0.717, 1.165) is 44.5 Å². The van der Waals surface area contributed by atoms with Gasteiger partial charge in [-0.2, -0.15) is 0 Å². The molecule has 0 amide bonds. The minimum Gasteiger partial charge on any atom is -0.394 e. The second-order valence-corrected chi connectivity index (χ2v) is 6.80. The molecule has 2 aromatic rings. The maximum Gasteiger partial charge on any atom is 0.123 e. The second kappa shape index (κ2) is 9.09. The summed E-state index contributed by atoms with van der Waals surface area (Å²) in [5.41, 5.74) is 2.33. The lowest BCUT2D eigenvalue weighted by Crippen LogP contribution is -2.44. The number of nitrogens with one attached hydrogen (secondary N) is 1. The molecular weight excluding hydrogens is 315 g/mol. The Hall–Kier alpha value is -1.75. The monoisotopic (exact) mass is 342 g/mol. The Morgan fingerprint density at radius 3 is 2.36 bits per heavy atom. The van der Waals surface area contributed by atoms with Gasteiger partial charge in [0, 0.05) is 12.6 Å². The summed E-state index contributed by atoms with van der Waals surface area (Å²) >= 11 is 0. The summed E-state index contributed by atoms with van der Waals surface area (Å²) in [5, 5.41) is 13.3. The predicted molar refractivity (Wildman–Crippen MR) is 99.0 cm³/mol. The number of benzene rings is 2. The van der Waals surface area contributed by atoms with E-state index in [-0.39, 0.29) is 18.5 Å². The molecule has 0 bridgehead atoms. The van der Waals surface area contributed by atoms with Crippen molar-refractivity contribution in [2.75, 3.05) is 26.2 Å². The molecular formula is C21H27FN2O. The number of rotatable bonds is 7. The maximum absolute atomic E-state index is 12.9. The molecule has 1 fully saturated rings. The zero-order valence-corrected chi connectivity index (χ0v) is 14.6. The van der Waals surface area contributed by atoms with Crippen LogP contribution in [0.5, 0.6) is 0 Å². The van der Waals surface area contributed by atoms with Gasteiger partial charge in [-0.15, -0.1) is 0 Å². The van der Waals surface area contributed by atoms with E-state index in [1.165, 1.54) is 17.7 Å². The zero-order valence-electron chi connectivity index (χ0n) is 14.6. The standard InChI is InChI=1S/C21H27FN2O/c22-19-8-6-17(7-9-19)10-13-24-14-11-20(12-15-24)23-21(16-25)18-4-2-1-3-5-18/h1-9,20-21,23,25H,10-16H2/t21-/m1/s1. The van der Waals surface area contributed by atoms with Gasteiger partial charge in [-0.05, 0) is 55.6 Å². The van der Waals surface area contributed by atoms with E-state index in [1.54, 1.807) is 0 Å². The Balaban J connectivity index is 1.43. The van der Waals surface area contributed by atoms with Crippen LogP contribution in [0.25, 0.3) is 0 Å². The first kappa shape index (κ1) is 18.1. The van der Waals surface area contributed by atoms with Crippen molar-refractivity contribution >= 4 is 0 Å². The average Bonchev–Trinajstić information content (AvgIpc) is 2.67. The largest absolute Gasteiger partial charge is 0.394 e. The van der Waals surface area contributed by atoms with Crippen molar-refractivity contribution in [1.82, 2.24) is 10.2 Å². The molecule has 0 radical (unpaired) electrons. The topological polar surface area (TPSA) is 35.5 Å². The third kappa shape index (κ3) is 5.36. The molecule has 2 N–H and O–H groups in total. The predicted octanol–water partition coefficient (Wildman–Crippen LogP) is 3.16. The van der Waals surface area contributed by atoms with E-state index in [2.05, 4.69) is 22.3 Å². The number of aliphatic hydroxyl groups excluding tert-OH is 1. The molecule has 0 aromatic heterocycles. The van der Waals surface area contributed by atoms with E-state index in [4.69, 9.17) is 0 Å². The Kier molecular flexibility index (Phi) is 6.56. The zero-order chi connectivity index (χ0) is 17.5. The molecule has 1 atom stereocenters. The fraction of sp³-hybridized carbons (Fsp3) is 0.429. The minimum absolute atomic E-state index is 0.0111. The van der Waals surface area contributed by atoms with Gasteiger partial charge in [0.15, 0.2) is 0 Å². The van der Waals surface area contributed by atoms with E-state index >= 15 is 0 Å². The van der Waals surface area contributed by atoms with Crippen LogP contribution in [0, 0.1) is 5.82 Å². The van der Waals surface area contributed by atoms with Gasteiger partial charge < -0.3 is 15.3 Å². The van der Waals surface area contributed by atoms with E-state index in [1.807, 2.05) is 30.3 Å². The van der Waals surface area contributed by atoms with Gasteiger partial charge in [0.05, 0.1) is 12.6 Å². The lowest BCUT2D eigenvalue weighted by atomic mass is 10.0. The Bertz CT molecular complexity index is 624. The van der Waals surface area contributed by atoms with Crippen molar-refractivity contribution in [1.29, 1.82) is 0 Å². The molecule has 3 nitrogen and oxygen atoms in total. The first-order valence-electron chi connectivity index (χ1n) is 9.13. The highest BCUT2D eigenvalue weighted by atomic mass is 19.1. The Morgan fingerprint density at radius 2 is 1.72 bits per heavy atom. The Morgan fingerprint density at radius 1 is 1.04 bits per heavy atom. The molecule has 25 heavy (non-hydrogen) atoms. The summed E-state index contributed by atoms with van der Waals surface area (Å²) in [7, 11) is 0. The summed E-state index contributed by atoms with van der Waals surface area (Å²) in [5.74, 6) is -0.174. The van der Waals surface area contributed by atoms with Crippen LogP contribution in [-0.4, -0.2) is 42.3 Å². The van der Waals surface area contributed by atoms with Crippen LogP contribution >= 0.6 is 0 Å². The maximum atomic E-state index is 12.9.